The van der Waals surface area contributed by atoms with Crippen LogP contribution in [-0.4, -0.2) is 23.5 Å². The molecule has 2 saturated heterocycles. The molecule has 0 aromatic heterocycles. The highest BCUT2D eigenvalue weighted by Crippen LogP contribution is 2.70. The Kier molecular flexibility index (Phi) is 4.26. The van der Waals surface area contributed by atoms with Crippen LogP contribution in [0.2, 0.25) is 0 Å². The fraction of sp³-hybridized carbons (Fsp3) is 0.929. The third-order valence-corrected chi connectivity index (χ3v) is 12.0. The third kappa shape index (κ3) is 2.49. The molecular weight excluding hydrogens is 350 g/mol. The molecule has 1 heteroatoms. The zero-order valence-corrected chi connectivity index (χ0v) is 19.8. The van der Waals surface area contributed by atoms with Crippen molar-refractivity contribution in [1.29, 1.82) is 0 Å². The summed E-state index contributed by atoms with van der Waals surface area (Å²) in [4.78, 5) is 3.05. The van der Waals surface area contributed by atoms with Crippen LogP contribution in [0.5, 0.6) is 0 Å². The fourth-order valence-corrected chi connectivity index (χ4v) is 10.6. The molecule has 11 atom stereocenters. The molecular formula is C28H45N. The van der Waals surface area contributed by atoms with Gasteiger partial charge >= 0.3 is 0 Å². The summed E-state index contributed by atoms with van der Waals surface area (Å²) in [5.74, 6) is 6.71. The Hall–Kier alpha value is -0.300. The van der Waals surface area contributed by atoms with Crippen molar-refractivity contribution < 1.29 is 0 Å². The number of hydrogen-bond acceptors (Lipinski definition) is 1. The predicted octanol–water partition coefficient (Wildman–Crippen LogP) is 6.93. The standard InChI is InChI=1S/C28H45N/c1-17-10-12-27(4)20(14-17)7-8-21-22(27)11-13-28(5)23(21)15-25-26(28)19(3)24-9-6-18(2)16-29(24)25/h7,17-19,21-26H,6,8-16H2,1-5H3. The molecule has 162 valence electrons. The molecule has 0 N–H and O–H groups in total. The number of piperidine rings is 1. The molecule has 1 nitrogen and oxygen atoms in total. The molecule has 0 amide bonds. The number of allylic oxidation sites excluding steroid dienone is 2. The van der Waals surface area contributed by atoms with Gasteiger partial charge in [-0.25, -0.2) is 0 Å². The Morgan fingerprint density at radius 3 is 2.55 bits per heavy atom. The third-order valence-electron chi connectivity index (χ3n) is 12.0. The molecule has 29 heavy (non-hydrogen) atoms. The Morgan fingerprint density at radius 1 is 0.897 bits per heavy atom. The van der Waals surface area contributed by atoms with E-state index in [0.717, 1.165) is 53.5 Å². The topological polar surface area (TPSA) is 3.24 Å². The summed E-state index contributed by atoms with van der Waals surface area (Å²) >= 11 is 0. The fourth-order valence-electron chi connectivity index (χ4n) is 10.6. The van der Waals surface area contributed by atoms with E-state index in [1.54, 1.807) is 0 Å². The van der Waals surface area contributed by atoms with E-state index in [9.17, 15) is 0 Å². The summed E-state index contributed by atoms with van der Waals surface area (Å²) in [6.07, 6.45) is 16.1. The van der Waals surface area contributed by atoms with Crippen LogP contribution in [-0.2, 0) is 0 Å². The molecule has 0 aromatic carbocycles. The maximum Gasteiger partial charge on any atom is 0.0138 e. The van der Waals surface area contributed by atoms with Gasteiger partial charge in [0.15, 0.2) is 0 Å². The predicted molar refractivity (Wildman–Crippen MR) is 122 cm³/mol. The molecule has 2 aliphatic heterocycles. The first kappa shape index (κ1) is 19.4. The lowest BCUT2D eigenvalue weighted by molar-refractivity contribution is -0.0524. The Balaban J connectivity index is 1.33. The smallest absolute Gasteiger partial charge is 0.0138 e. The lowest BCUT2D eigenvalue weighted by Crippen LogP contribution is -2.51. The lowest BCUT2D eigenvalue weighted by atomic mass is 9.46. The normalized spacial score (nSPS) is 59.2. The second kappa shape index (κ2) is 6.36. The monoisotopic (exact) mass is 395 g/mol. The molecule has 6 aliphatic rings. The molecule has 0 aromatic rings. The van der Waals surface area contributed by atoms with E-state index < -0.39 is 0 Å². The van der Waals surface area contributed by atoms with Gasteiger partial charge in [-0.3, -0.25) is 4.90 Å². The van der Waals surface area contributed by atoms with Gasteiger partial charge in [0.2, 0.25) is 0 Å². The first-order valence-electron chi connectivity index (χ1n) is 13.3. The first-order valence-corrected chi connectivity index (χ1v) is 13.3. The number of nitrogens with zero attached hydrogens (tertiary/aromatic N) is 1. The summed E-state index contributed by atoms with van der Waals surface area (Å²) < 4.78 is 0. The number of hydrogen-bond donors (Lipinski definition) is 0. The molecule has 2 heterocycles. The molecule has 6 rings (SSSR count). The molecule has 3 saturated carbocycles. The highest BCUT2D eigenvalue weighted by molar-refractivity contribution is 5.26. The van der Waals surface area contributed by atoms with E-state index >= 15 is 0 Å². The van der Waals surface area contributed by atoms with Crippen molar-refractivity contribution >= 4 is 0 Å². The Bertz CT molecular complexity index is 709. The van der Waals surface area contributed by atoms with Crippen molar-refractivity contribution in [2.75, 3.05) is 6.54 Å². The summed E-state index contributed by atoms with van der Waals surface area (Å²) in [5.41, 5.74) is 3.04. The van der Waals surface area contributed by atoms with Gasteiger partial charge in [0.05, 0.1) is 0 Å². The molecule has 0 bridgehead atoms. The van der Waals surface area contributed by atoms with Crippen LogP contribution >= 0.6 is 0 Å². The largest absolute Gasteiger partial charge is 0.297 e. The molecule has 0 spiro atoms. The van der Waals surface area contributed by atoms with Gasteiger partial charge in [-0.15, -0.1) is 0 Å². The van der Waals surface area contributed by atoms with Crippen LogP contribution in [0.3, 0.4) is 0 Å². The minimum absolute atomic E-state index is 0.544. The summed E-state index contributed by atoms with van der Waals surface area (Å²) in [5, 5.41) is 0. The molecule has 11 unspecified atom stereocenters. The van der Waals surface area contributed by atoms with E-state index in [1.165, 1.54) is 64.3 Å². The minimum Gasteiger partial charge on any atom is -0.297 e. The van der Waals surface area contributed by atoms with Crippen molar-refractivity contribution in [1.82, 2.24) is 4.90 Å². The lowest BCUT2D eigenvalue weighted by Gasteiger charge is -2.58. The van der Waals surface area contributed by atoms with Gasteiger partial charge in [-0.1, -0.05) is 46.3 Å². The van der Waals surface area contributed by atoms with Crippen molar-refractivity contribution in [3.8, 4) is 0 Å². The van der Waals surface area contributed by atoms with Gasteiger partial charge in [0, 0.05) is 18.6 Å². The second-order valence-electron chi connectivity index (χ2n) is 13.3. The average molecular weight is 396 g/mol. The van der Waals surface area contributed by atoms with E-state index in [0.29, 0.717) is 10.8 Å². The Labute approximate surface area is 180 Å². The van der Waals surface area contributed by atoms with E-state index in [4.69, 9.17) is 0 Å². The number of rotatable bonds is 0. The molecule has 0 radical (unpaired) electrons. The van der Waals surface area contributed by atoms with E-state index in [1.807, 2.05) is 5.57 Å². The summed E-state index contributed by atoms with van der Waals surface area (Å²) in [6.45, 7) is 14.5. The van der Waals surface area contributed by atoms with Crippen LogP contribution in [0.15, 0.2) is 11.6 Å². The van der Waals surface area contributed by atoms with Crippen molar-refractivity contribution in [3.63, 3.8) is 0 Å². The van der Waals surface area contributed by atoms with Crippen LogP contribution in [0.25, 0.3) is 0 Å². The summed E-state index contributed by atoms with van der Waals surface area (Å²) in [6, 6.07) is 1.82. The summed E-state index contributed by atoms with van der Waals surface area (Å²) in [7, 11) is 0. The zero-order chi connectivity index (χ0) is 20.1. The Morgan fingerprint density at radius 2 is 1.72 bits per heavy atom. The van der Waals surface area contributed by atoms with Gasteiger partial charge < -0.3 is 0 Å². The van der Waals surface area contributed by atoms with Gasteiger partial charge in [0.25, 0.3) is 0 Å². The van der Waals surface area contributed by atoms with Crippen molar-refractivity contribution in [3.05, 3.63) is 11.6 Å². The van der Waals surface area contributed by atoms with Gasteiger partial charge in [-0.05, 0) is 110 Å². The van der Waals surface area contributed by atoms with Crippen molar-refractivity contribution in [2.24, 2.45) is 52.3 Å². The van der Waals surface area contributed by atoms with Gasteiger partial charge in [-0.2, -0.15) is 0 Å². The first-order chi connectivity index (χ1) is 13.8. The van der Waals surface area contributed by atoms with Crippen LogP contribution in [0.1, 0.15) is 92.4 Å². The maximum atomic E-state index is 3.05. The SMILES string of the molecule is CC1CCC2(C)C(=CCC3C2CCC2(C)C3CC3C2C(C)C2CCC(C)CN23)C1. The van der Waals surface area contributed by atoms with Crippen LogP contribution < -0.4 is 0 Å². The van der Waals surface area contributed by atoms with E-state index in [2.05, 4.69) is 45.6 Å². The average Bonchev–Trinajstić information content (AvgIpc) is 3.15. The van der Waals surface area contributed by atoms with Crippen molar-refractivity contribution in [2.45, 2.75) is 104 Å². The molecule has 5 fully saturated rings. The van der Waals surface area contributed by atoms with E-state index in [-0.39, 0.29) is 0 Å². The van der Waals surface area contributed by atoms with Gasteiger partial charge in [0.1, 0.15) is 0 Å². The quantitative estimate of drug-likeness (QED) is 0.402. The molecule has 4 aliphatic carbocycles. The highest BCUT2D eigenvalue weighted by Gasteiger charge is 2.66. The van der Waals surface area contributed by atoms with Crippen LogP contribution in [0.4, 0.5) is 0 Å². The zero-order valence-electron chi connectivity index (χ0n) is 19.8. The van der Waals surface area contributed by atoms with Crippen LogP contribution in [0, 0.1) is 52.3 Å². The second-order valence-corrected chi connectivity index (χ2v) is 13.3. The number of fused-ring (bicyclic) bond motifs is 9. The minimum atomic E-state index is 0.544. The highest BCUT2D eigenvalue weighted by atomic mass is 15.2. The maximum absolute atomic E-state index is 3.05.